The summed E-state index contributed by atoms with van der Waals surface area (Å²) in [6.07, 6.45) is 0. The van der Waals surface area contributed by atoms with Gasteiger partial charge in [0, 0.05) is 0 Å². The lowest BCUT2D eigenvalue weighted by atomic mass is 10.3. The van der Waals surface area contributed by atoms with Crippen LogP contribution in [0.15, 0.2) is 23.7 Å². The van der Waals surface area contributed by atoms with Gasteiger partial charge in [0.1, 0.15) is 0 Å². The molecular weight excluding hydrogens is 246 g/mol. The quantitative estimate of drug-likeness (QED) is 0.606. The van der Waals surface area contributed by atoms with Crippen molar-refractivity contribution in [2.75, 3.05) is 4.53 Å². The third-order valence-electron chi connectivity index (χ3n) is 1.71. The number of aromatic nitrogens is 1. The van der Waals surface area contributed by atoms with Gasteiger partial charge in [0.2, 0.25) is 0 Å². The van der Waals surface area contributed by atoms with Gasteiger partial charge >= 0.3 is 10.4 Å². The van der Waals surface area contributed by atoms with Gasteiger partial charge in [-0.1, -0.05) is 12.9 Å². The standard InChI is InChI=1S/C7H4F2N2O2S2/c8-11(15(9,12)13)5-1-2-6-7(3-5)14-4-10-6/h1-4H. The Hall–Kier alpha value is -1.28. The molecule has 0 atom stereocenters. The molecule has 0 bridgehead atoms. The zero-order valence-corrected chi connectivity index (χ0v) is 8.73. The van der Waals surface area contributed by atoms with Crippen LogP contribution in [-0.4, -0.2) is 13.4 Å². The van der Waals surface area contributed by atoms with E-state index in [1.165, 1.54) is 29.0 Å². The first-order chi connectivity index (χ1) is 6.98. The van der Waals surface area contributed by atoms with Crippen LogP contribution >= 0.6 is 11.3 Å². The molecule has 4 nitrogen and oxygen atoms in total. The molecule has 0 fully saturated rings. The third kappa shape index (κ3) is 1.90. The molecule has 0 aliphatic carbocycles. The second kappa shape index (κ2) is 3.38. The van der Waals surface area contributed by atoms with Gasteiger partial charge in [-0.3, -0.25) is 0 Å². The van der Waals surface area contributed by atoms with Crippen LogP contribution in [0, 0.1) is 0 Å². The van der Waals surface area contributed by atoms with Crippen molar-refractivity contribution in [3.63, 3.8) is 0 Å². The number of anilines is 1. The van der Waals surface area contributed by atoms with E-state index in [1.807, 2.05) is 0 Å². The lowest BCUT2D eigenvalue weighted by Crippen LogP contribution is -2.16. The average molecular weight is 250 g/mol. The number of thiazole rings is 1. The van der Waals surface area contributed by atoms with Crippen molar-refractivity contribution in [1.29, 1.82) is 0 Å². The largest absolute Gasteiger partial charge is 0.426 e. The lowest BCUT2D eigenvalue weighted by Gasteiger charge is -2.07. The predicted molar refractivity (Wildman–Crippen MR) is 53.2 cm³/mol. The van der Waals surface area contributed by atoms with E-state index in [0.717, 1.165) is 6.07 Å². The van der Waals surface area contributed by atoms with Gasteiger partial charge in [-0.2, -0.15) is 8.42 Å². The van der Waals surface area contributed by atoms with Crippen molar-refractivity contribution >= 4 is 37.7 Å². The Balaban J connectivity index is 2.53. The summed E-state index contributed by atoms with van der Waals surface area (Å²) in [6, 6.07) is 3.77. The summed E-state index contributed by atoms with van der Waals surface area (Å²) in [4.78, 5) is 3.92. The summed E-state index contributed by atoms with van der Waals surface area (Å²) in [5, 5.41) is 0. The second-order valence-electron chi connectivity index (χ2n) is 2.66. The van der Waals surface area contributed by atoms with Crippen molar-refractivity contribution in [2.45, 2.75) is 0 Å². The number of rotatable bonds is 2. The molecule has 15 heavy (non-hydrogen) atoms. The molecule has 2 aromatic rings. The molecule has 1 heterocycles. The summed E-state index contributed by atoms with van der Waals surface area (Å²) in [7, 11) is -5.36. The second-order valence-corrected chi connectivity index (χ2v) is 4.69. The molecule has 0 N–H and O–H groups in total. The molecule has 0 saturated heterocycles. The Labute approximate surface area is 88.1 Å². The maximum Gasteiger partial charge on any atom is 0.426 e. The molecule has 0 radical (unpaired) electrons. The molecule has 0 aliphatic heterocycles. The minimum atomic E-state index is -5.36. The Morgan fingerprint density at radius 1 is 1.40 bits per heavy atom. The van der Waals surface area contributed by atoms with Gasteiger partial charge < -0.3 is 0 Å². The normalized spacial score (nSPS) is 11.9. The van der Waals surface area contributed by atoms with Crippen LogP contribution < -0.4 is 4.53 Å². The zero-order chi connectivity index (χ0) is 11.1. The number of hydrogen-bond acceptors (Lipinski definition) is 4. The van der Waals surface area contributed by atoms with E-state index in [4.69, 9.17) is 0 Å². The maximum atomic E-state index is 12.9. The Morgan fingerprint density at radius 3 is 2.80 bits per heavy atom. The number of halogens is 2. The van der Waals surface area contributed by atoms with Gasteiger partial charge in [0.15, 0.2) is 0 Å². The summed E-state index contributed by atoms with van der Waals surface area (Å²) < 4.78 is 45.5. The van der Waals surface area contributed by atoms with Crippen LogP contribution in [-0.2, 0) is 10.4 Å². The summed E-state index contributed by atoms with van der Waals surface area (Å²) >= 11 is 1.21. The molecule has 0 unspecified atom stereocenters. The van der Waals surface area contributed by atoms with Crippen molar-refractivity contribution < 1.29 is 16.8 Å². The number of benzene rings is 1. The first-order valence-electron chi connectivity index (χ1n) is 3.72. The minimum Gasteiger partial charge on any atom is -0.245 e. The highest BCUT2D eigenvalue weighted by Gasteiger charge is 2.21. The van der Waals surface area contributed by atoms with Gasteiger partial charge in [-0.25, -0.2) is 4.98 Å². The third-order valence-corrected chi connectivity index (χ3v) is 3.09. The zero-order valence-electron chi connectivity index (χ0n) is 7.09. The first kappa shape index (κ1) is 10.2. The molecule has 0 spiro atoms. The SMILES string of the molecule is O=S(=O)(F)N(F)c1ccc2ncsc2c1. The maximum absolute atomic E-state index is 12.9. The van der Waals surface area contributed by atoms with Gasteiger partial charge in [0.25, 0.3) is 0 Å². The van der Waals surface area contributed by atoms with Gasteiger partial charge in [-0.15, -0.1) is 11.3 Å². The van der Waals surface area contributed by atoms with Crippen LogP contribution in [0.3, 0.4) is 0 Å². The number of nitrogens with zero attached hydrogens (tertiary/aromatic N) is 2. The number of hydrogen-bond donors (Lipinski definition) is 0. The molecular formula is C7H4F2N2O2S2. The van der Waals surface area contributed by atoms with Crippen LogP contribution in [0.2, 0.25) is 0 Å². The topological polar surface area (TPSA) is 50.3 Å². The molecule has 8 heteroatoms. The highest BCUT2D eigenvalue weighted by atomic mass is 32.3. The Bertz CT molecular complexity index is 596. The van der Waals surface area contributed by atoms with E-state index in [-0.39, 0.29) is 5.69 Å². The molecule has 2 rings (SSSR count). The molecule has 0 amide bonds. The van der Waals surface area contributed by atoms with Crippen molar-refractivity contribution in [3.8, 4) is 0 Å². The van der Waals surface area contributed by atoms with Crippen LogP contribution in [0.1, 0.15) is 0 Å². The smallest absolute Gasteiger partial charge is 0.245 e. The molecule has 0 aliphatic rings. The first-order valence-corrected chi connectivity index (χ1v) is 5.94. The van der Waals surface area contributed by atoms with Crippen molar-refractivity contribution in [3.05, 3.63) is 23.7 Å². The lowest BCUT2D eigenvalue weighted by molar-refractivity contribution is 0.467. The van der Waals surface area contributed by atoms with Crippen LogP contribution in [0.5, 0.6) is 0 Å². The summed E-state index contributed by atoms with van der Waals surface area (Å²) in [5.74, 6) is 0. The van der Waals surface area contributed by atoms with E-state index >= 15 is 0 Å². The fourth-order valence-electron chi connectivity index (χ4n) is 1.08. The van der Waals surface area contributed by atoms with Gasteiger partial charge in [0.05, 0.1) is 21.4 Å². The fourth-order valence-corrected chi connectivity index (χ4v) is 2.15. The molecule has 0 saturated carbocycles. The van der Waals surface area contributed by atoms with E-state index < -0.39 is 14.9 Å². The van der Waals surface area contributed by atoms with Crippen molar-refractivity contribution in [1.82, 2.24) is 4.98 Å². The highest BCUT2D eigenvalue weighted by molar-refractivity contribution is 7.87. The molecule has 1 aromatic carbocycles. The monoisotopic (exact) mass is 250 g/mol. The van der Waals surface area contributed by atoms with E-state index in [0.29, 0.717) is 10.2 Å². The Morgan fingerprint density at radius 2 is 2.13 bits per heavy atom. The van der Waals surface area contributed by atoms with Gasteiger partial charge in [-0.05, 0) is 18.2 Å². The van der Waals surface area contributed by atoms with Crippen LogP contribution in [0.25, 0.3) is 10.2 Å². The van der Waals surface area contributed by atoms with Crippen LogP contribution in [0.4, 0.5) is 14.1 Å². The van der Waals surface area contributed by atoms with E-state index in [1.54, 1.807) is 0 Å². The number of fused-ring (bicyclic) bond motifs is 1. The predicted octanol–water partition coefficient (Wildman–Crippen LogP) is 2.20. The highest BCUT2D eigenvalue weighted by Crippen LogP contribution is 2.26. The minimum absolute atomic E-state index is 0.380. The van der Waals surface area contributed by atoms with Crippen molar-refractivity contribution in [2.24, 2.45) is 0 Å². The Kier molecular flexibility index (Phi) is 2.31. The fraction of sp³-hybridized carbons (Fsp3) is 0. The van der Waals surface area contributed by atoms with E-state index in [9.17, 15) is 16.8 Å². The summed E-state index contributed by atoms with van der Waals surface area (Å²) in [6.45, 7) is 0. The molecule has 80 valence electrons. The molecule has 1 aromatic heterocycles. The van der Waals surface area contributed by atoms with E-state index in [2.05, 4.69) is 4.98 Å². The summed E-state index contributed by atoms with van der Waals surface area (Å²) in [5.41, 5.74) is 1.75. The average Bonchev–Trinajstić information content (AvgIpc) is 2.61.